The Bertz CT molecular complexity index is 786. The molecular weight excluding hydrogens is 338 g/mol. The van der Waals surface area contributed by atoms with Gasteiger partial charge in [0.15, 0.2) is 0 Å². The summed E-state index contributed by atoms with van der Waals surface area (Å²) in [6, 6.07) is 13.0. The normalized spacial score (nSPS) is 10.7. The SMILES string of the molecule is Cc1ccc(C=NNC(=O)CCC(=O)Nc2ccc(C)c(Cl)c2)cc1. The van der Waals surface area contributed by atoms with E-state index in [0.29, 0.717) is 10.7 Å². The van der Waals surface area contributed by atoms with Crippen molar-refractivity contribution in [3.63, 3.8) is 0 Å². The number of nitrogens with zero attached hydrogens (tertiary/aromatic N) is 1. The van der Waals surface area contributed by atoms with Crippen LogP contribution in [0.1, 0.15) is 29.5 Å². The van der Waals surface area contributed by atoms with E-state index in [1.165, 1.54) is 0 Å². The van der Waals surface area contributed by atoms with Gasteiger partial charge < -0.3 is 5.32 Å². The third-order valence-corrected chi connectivity index (χ3v) is 3.92. The highest BCUT2D eigenvalue weighted by Crippen LogP contribution is 2.20. The van der Waals surface area contributed by atoms with Crippen molar-refractivity contribution < 1.29 is 9.59 Å². The molecule has 0 unspecified atom stereocenters. The summed E-state index contributed by atoms with van der Waals surface area (Å²) in [5.74, 6) is -0.571. The molecule has 25 heavy (non-hydrogen) atoms. The molecule has 0 fully saturated rings. The zero-order chi connectivity index (χ0) is 18.2. The van der Waals surface area contributed by atoms with Gasteiger partial charge in [-0.3, -0.25) is 9.59 Å². The Hall–Kier alpha value is -2.66. The monoisotopic (exact) mass is 357 g/mol. The first-order chi connectivity index (χ1) is 11.9. The third-order valence-electron chi connectivity index (χ3n) is 3.51. The minimum Gasteiger partial charge on any atom is -0.326 e. The summed E-state index contributed by atoms with van der Waals surface area (Å²) in [7, 11) is 0. The number of hydrogen-bond acceptors (Lipinski definition) is 3. The number of amides is 2. The Morgan fingerprint density at radius 2 is 1.72 bits per heavy atom. The molecule has 0 heterocycles. The number of carbonyl (C=O) groups excluding carboxylic acids is 2. The van der Waals surface area contributed by atoms with Crippen LogP contribution in [0.2, 0.25) is 5.02 Å². The Kier molecular flexibility index (Phi) is 6.71. The highest BCUT2D eigenvalue weighted by Gasteiger charge is 2.07. The van der Waals surface area contributed by atoms with Crippen molar-refractivity contribution in [1.29, 1.82) is 0 Å². The van der Waals surface area contributed by atoms with Crippen molar-refractivity contribution in [2.24, 2.45) is 5.10 Å². The van der Waals surface area contributed by atoms with Crippen molar-refractivity contribution in [2.45, 2.75) is 26.7 Å². The Labute approximate surface area is 152 Å². The minimum atomic E-state index is -0.319. The van der Waals surface area contributed by atoms with E-state index in [2.05, 4.69) is 15.8 Å². The maximum atomic E-state index is 11.9. The quantitative estimate of drug-likeness (QED) is 0.609. The Balaban J connectivity index is 1.74. The standard InChI is InChI=1S/C19H20ClN3O2/c1-13-3-6-15(7-4-13)12-21-23-19(25)10-9-18(24)22-16-8-5-14(2)17(20)11-16/h3-8,11-12H,9-10H2,1-2H3,(H,22,24)(H,23,25). The van der Waals surface area contributed by atoms with Crippen LogP contribution in [0.15, 0.2) is 47.6 Å². The van der Waals surface area contributed by atoms with E-state index in [1.807, 2.05) is 44.2 Å². The summed E-state index contributed by atoms with van der Waals surface area (Å²) in [5, 5.41) is 7.18. The molecular formula is C19H20ClN3O2. The number of halogens is 1. The van der Waals surface area contributed by atoms with Gasteiger partial charge in [0.2, 0.25) is 11.8 Å². The van der Waals surface area contributed by atoms with Crippen LogP contribution in [0.3, 0.4) is 0 Å². The molecule has 5 nitrogen and oxygen atoms in total. The molecule has 0 saturated carbocycles. The summed E-state index contributed by atoms with van der Waals surface area (Å²) in [6.45, 7) is 3.88. The molecule has 2 N–H and O–H groups in total. The van der Waals surface area contributed by atoms with Crippen LogP contribution < -0.4 is 10.7 Å². The predicted molar refractivity (Wildman–Crippen MR) is 101 cm³/mol. The average Bonchev–Trinajstić information content (AvgIpc) is 2.58. The lowest BCUT2D eigenvalue weighted by Crippen LogP contribution is -2.20. The fourth-order valence-electron chi connectivity index (χ4n) is 2.01. The van der Waals surface area contributed by atoms with Crippen LogP contribution >= 0.6 is 11.6 Å². The number of benzene rings is 2. The molecule has 0 spiro atoms. The van der Waals surface area contributed by atoms with Gasteiger partial charge in [-0.2, -0.15) is 5.10 Å². The van der Waals surface area contributed by atoms with Crippen molar-refractivity contribution in [3.8, 4) is 0 Å². The molecule has 2 amide bonds. The lowest BCUT2D eigenvalue weighted by molar-refractivity contribution is -0.124. The fraction of sp³-hybridized carbons (Fsp3) is 0.211. The van der Waals surface area contributed by atoms with Gasteiger partial charge >= 0.3 is 0 Å². The smallest absolute Gasteiger partial charge is 0.240 e. The second-order valence-corrected chi connectivity index (χ2v) is 6.12. The van der Waals surface area contributed by atoms with E-state index >= 15 is 0 Å². The molecule has 130 valence electrons. The van der Waals surface area contributed by atoms with E-state index in [4.69, 9.17) is 11.6 Å². The molecule has 0 aromatic heterocycles. The number of carbonyl (C=O) groups is 2. The number of anilines is 1. The van der Waals surface area contributed by atoms with Gasteiger partial charge in [0.05, 0.1) is 6.21 Å². The van der Waals surface area contributed by atoms with Crippen molar-refractivity contribution in [1.82, 2.24) is 5.43 Å². The van der Waals surface area contributed by atoms with Crippen molar-refractivity contribution in [2.75, 3.05) is 5.32 Å². The van der Waals surface area contributed by atoms with Crippen LogP contribution in [0.25, 0.3) is 0 Å². The summed E-state index contributed by atoms with van der Waals surface area (Å²) < 4.78 is 0. The zero-order valence-electron chi connectivity index (χ0n) is 14.2. The molecule has 0 aliphatic heterocycles. The molecule has 0 atom stereocenters. The number of hydrazone groups is 1. The second-order valence-electron chi connectivity index (χ2n) is 5.72. The highest BCUT2D eigenvalue weighted by molar-refractivity contribution is 6.31. The molecule has 2 rings (SSSR count). The van der Waals surface area contributed by atoms with Gasteiger partial charge in [0, 0.05) is 23.6 Å². The maximum Gasteiger partial charge on any atom is 0.240 e. The van der Waals surface area contributed by atoms with E-state index < -0.39 is 0 Å². The number of hydrogen-bond donors (Lipinski definition) is 2. The first kappa shape index (κ1) is 18.7. The lowest BCUT2D eigenvalue weighted by atomic mass is 10.2. The van der Waals surface area contributed by atoms with E-state index in [9.17, 15) is 9.59 Å². The largest absolute Gasteiger partial charge is 0.326 e. The third kappa shape index (κ3) is 6.39. The van der Waals surface area contributed by atoms with Crippen molar-refractivity contribution in [3.05, 3.63) is 64.2 Å². The van der Waals surface area contributed by atoms with Crippen LogP contribution in [0, 0.1) is 13.8 Å². The van der Waals surface area contributed by atoms with Crippen LogP contribution in [-0.2, 0) is 9.59 Å². The highest BCUT2D eigenvalue weighted by atomic mass is 35.5. The van der Waals surface area contributed by atoms with Gasteiger partial charge in [-0.15, -0.1) is 0 Å². The van der Waals surface area contributed by atoms with Crippen LogP contribution in [-0.4, -0.2) is 18.0 Å². The number of aryl methyl sites for hydroxylation is 2. The average molecular weight is 358 g/mol. The molecule has 2 aromatic carbocycles. The topological polar surface area (TPSA) is 70.6 Å². The Morgan fingerprint density at radius 3 is 2.40 bits per heavy atom. The number of nitrogens with one attached hydrogen (secondary N) is 2. The minimum absolute atomic E-state index is 0.0522. The molecule has 0 aliphatic rings. The fourth-order valence-corrected chi connectivity index (χ4v) is 2.19. The molecule has 0 saturated heterocycles. The van der Waals surface area contributed by atoms with Gasteiger partial charge in [0.1, 0.15) is 0 Å². The molecule has 0 aliphatic carbocycles. The van der Waals surface area contributed by atoms with Gasteiger partial charge in [-0.1, -0.05) is 47.5 Å². The predicted octanol–water partition coefficient (Wildman–Crippen LogP) is 3.83. The van der Waals surface area contributed by atoms with Crippen molar-refractivity contribution >= 4 is 35.3 Å². The van der Waals surface area contributed by atoms with E-state index in [-0.39, 0.29) is 24.7 Å². The summed E-state index contributed by atoms with van der Waals surface area (Å²) >= 11 is 6.01. The Morgan fingerprint density at radius 1 is 1.04 bits per heavy atom. The number of rotatable bonds is 6. The van der Waals surface area contributed by atoms with Gasteiger partial charge in [-0.25, -0.2) is 5.43 Å². The summed E-state index contributed by atoms with van der Waals surface area (Å²) in [4.78, 5) is 23.6. The van der Waals surface area contributed by atoms with E-state index in [0.717, 1.165) is 16.7 Å². The van der Waals surface area contributed by atoms with Crippen LogP contribution in [0.5, 0.6) is 0 Å². The second kappa shape index (κ2) is 8.99. The van der Waals surface area contributed by atoms with Crippen LogP contribution in [0.4, 0.5) is 5.69 Å². The summed E-state index contributed by atoms with van der Waals surface area (Å²) in [5.41, 5.74) is 6.00. The first-order valence-electron chi connectivity index (χ1n) is 7.88. The summed E-state index contributed by atoms with van der Waals surface area (Å²) in [6.07, 6.45) is 1.68. The van der Waals surface area contributed by atoms with E-state index in [1.54, 1.807) is 18.3 Å². The lowest BCUT2D eigenvalue weighted by Gasteiger charge is -2.06. The van der Waals surface area contributed by atoms with Gasteiger partial charge in [-0.05, 0) is 37.1 Å². The molecule has 0 bridgehead atoms. The zero-order valence-corrected chi connectivity index (χ0v) is 14.9. The maximum absolute atomic E-state index is 11.9. The molecule has 2 aromatic rings. The first-order valence-corrected chi connectivity index (χ1v) is 8.26. The van der Waals surface area contributed by atoms with Gasteiger partial charge in [0.25, 0.3) is 0 Å². The molecule has 6 heteroatoms. The molecule has 0 radical (unpaired) electrons.